The van der Waals surface area contributed by atoms with Crippen LogP contribution in [-0.2, 0) is 6.42 Å². The van der Waals surface area contributed by atoms with Gasteiger partial charge in [0.05, 0.1) is 5.52 Å². The molecule has 1 saturated heterocycles. The molecule has 5 nitrogen and oxygen atoms in total. The first-order chi connectivity index (χ1) is 16.6. The molecule has 3 aromatic carbocycles. The molecule has 5 rings (SSSR count). The van der Waals surface area contributed by atoms with Crippen LogP contribution in [0.2, 0.25) is 0 Å². The van der Waals surface area contributed by atoms with Crippen molar-refractivity contribution >= 4 is 22.4 Å². The number of fused-ring (bicyclic) bond motifs is 1. The standard InChI is InChI=1S/C29H28N4O/c1-21-16-25(10-9-24(21)17-22-6-3-2-4-7-22)33-28-26-18-23(8-11-27(26)31-20-32-28)12-14-29(34)13-5-15-30-19-29/h2-4,6-11,16,18,20,30,34H,5,13,15,17,19H2,1H3,(H,31,32,33). The molecule has 3 N–H and O–H groups in total. The van der Waals surface area contributed by atoms with E-state index >= 15 is 0 Å². The van der Waals surface area contributed by atoms with Crippen molar-refractivity contribution in [2.75, 3.05) is 18.4 Å². The highest BCUT2D eigenvalue weighted by molar-refractivity contribution is 5.91. The first-order valence-electron chi connectivity index (χ1n) is 11.7. The van der Waals surface area contributed by atoms with Crippen LogP contribution in [0.15, 0.2) is 73.1 Å². The van der Waals surface area contributed by atoms with Gasteiger partial charge in [0.2, 0.25) is 0 Å². The number of nitrogens with zero attached hydrogens (tertiary/aromatic N) is 2. The topological polar surface area (TPSA) is 70.1 Å². The molecule has 0 aliphatic carbocycles. The quantitative estimate of drug-likeness (QED) is 0.394. The molecular weight excluding hydrogens is 420 g/mol. The molecule has 1 unspecified atom stereocenters. The number of piperidine rings is 1. The van der Waals surface area contributed by atoms with E-state index in [0.29, 0.717) is 13.0 Å². The van der Waals surface area contributed by atoms with E-state index in [2.05, 4.69) is 81.8 Å². The minimum Gasteiger partial charge on any atom is -0.376 e. The lowest BCUT2D eigenvalue weighted by atomic mass is 9.94. The fourth-order valence-corrected chi connectivity index (χ4v) is 4.34. The van der Waals surface area contributed by atoms with Crippen molar-refractivity contribution in [1.82, 2.24) is 15.3 Å². The first kappa shape index (κ1) is 22.1. The van der Waals surface area contributed by atoms with Crippen LogP contribution in [0.25, 0.3) is 10.9 Å². The van der Waals surface area contributed by atoms with E-state index in [1.165, 1.54) is 16.7 Å². The summed E-state index contributed by atoms with van der Waals surface area (Å²) in [4.78, 5) is 8.91. The number of aromatic nitrogens is 2. The molecule has 1 fully saturated rings. The van der Waals surface area contributed by atoms with Gasteiger partial charge in [-0.1, -0.05) is 48.2 Å². The predicted octanol–water partition coefficient (Wildman–Crippen LogP) is 4.74. The largest absolute Gasteiger partial charge is 0.376 e. The Morgan fingerprint density at radius 1 is 1.06 bits per heavy atom. The van der Waals surface area contributed by atoms with Crippen LogP contribution in [-0.4, -0.2) is 33.8 Å². The number of hydrogen-bond acceptors (Lipinski definition) is 5. The summed E-state index contributed by atoms with van der Waals surface area (Å²) < 4.78 is 0. The Hall–Kier alpha value is -3.72. The molecule has 1 aliphatic heterocycles. The molecule has 0 amide bonds. The number of aryl methyl sites for hydroxylation is 1. The monoisotopic (exact) mass is 448 g/mol. The minimum atomic E-state index is -0.972. The molecule has 0 bridgehead atoms. The van der Waals surface area contributed by atoms with E-state index in [4.69, 9.17) is 0 Å². The molecule has 34 heavy (non-hydrogen) atoms. The summed E-state index contributed by atoms with van der Waals surface area (Å²) in [6, 6.07) is 22.8. The van der Waals surface area contributed by atoms with E-state index in [-0.39, 0.29) is 0 Å². The highest BCUT2D eigenvalue weighted by Crippen LogP contribution is 2.26. The Bertz CT molecular complexity index is 1370. The zero-order valence-electron chi connectivity index (χ0n) is 19.3. The molecular formula is C29H28N4O. The number of aliphatic hydroxyl groups is 1. The van der Waals surface area contributed by atoms with E-state index < -0.39 is 5.60 Å². The molecule has 1 atom stereocenters. The van der Waals surface area contributed by atoms with Crippen LogP contribution in [0.1, 0.15) is 35.1 Å². The maximum absolute atomic E-state index is 10.7. The van der Waals surface area contributed by atoms with Gasteiger partial charge in [0, 0.05) is 23.2 Å². The van der Waals surface area contributed by atoms with Crippen LogP contribution in [0, 0.1) is 18.8 Å². The molecule has 2 heterocycles. The zero-order chi connectivity index (χ0) is 23.4. The second kappa shape index (κ2) is 9.64. The van der Waals surface area contributed by atoms with Gasteiger partial charge in [-0.2, -0.15) is 0 Å². The average molecular weight is 449 g/mol. The normalized spacial score (nSPS) is 17.7. The third-order valence-corrected chi connectivity index (χ3v) is 6.28. The minimum absolute atomic E-state index is 0.503. The number of anilines is 2. The molecule has 170 valence electrons. The number of β-amino-alcohol motifs (C(OH)–C–C–N with tert-alkyl or cyclic N) is 1. The van der Waals surface area contributed by atoms with Gasteiger partial charge in [-0.15, -0.1) is 0 Å². The van der Waals surface area contributed by atoms with Crippen molar-refractivity contribution in [2.24, 2.45) is 0 Å². The second-order valence-electron chi connectivity index (χ2n) is 8.94. The van der Waals surface area contributed by atoms with Crippen molar-refractivity contribution in [3.05, 3.63) is 95.3 Å². The van der Waals surface area contributed by atoms with Crippen LogP contribution >= 0.6 is 0 Å². The van der Waals surface area contributed by atoms with Crippen LogP contribution in [0.3, 0.4) is 0 Å². The van der Waals surface area contributed by atoms with E-state index in [9.17, 15) is 5.11 Å². The van der Waals surface area contributed by atoms with Crippen molar-refractivity contribution in [2.45, 2.75) is 31.8 Å². The molecule has 0 saturated carbocycles. The highest BCUT2D eigenvalue weighted by atomic mass is 16.3. The Balaban J connectivity index is 1.39. The fraction of sp³-hybridized carbons (Fsp3) is 0.241. The summed E-state index contributed by atoms with van der Waals surface area (Å²) in [7, 11) is 0. The number of rotatable bonds is 4. The lowest BCUT2D eigenvalue weighted by Crippen LogP contribution is -2.44. The van der Waals surface area contributed by atoms with Gasteiger partial charge < -0.3 is 15.7 Å². The van der Waals surface area contributed by atoms with Crippen molar-refractivity contribution in [3.63, 3.8) is 0 Å². The van der Waals surface area contributed by atoms with Crippen LogP contribution in [0.4, 0.5) is 11.5 Å². The summed E-state index contributed by atoms with van der Waals surface area (Å²) in [6.45, 7) is 3.57. The second-order valence-corrected chi connectivity index (χ2v) is 8.94. The lowest BCUT2D eigenvalue weighted by Gasteiger charge is -2.27. The molecule has 1 aromatic heterocycles. The summed E-state index contributed by atoms with van der Waals surface area (Å²) in [5.74, 6) is 6.96. The lowest BCUT2D eigenvalue weighted by molar-refractivity contribution is 0.0736. The summed E-state index contributed by atoms with van der Waals surface area (Å²) in [5.41, 5.74) is 5.52. The number of benzene rings is 3. The smallest absolute Gasteiger partial charge is 0.141 e. The molecule has 4 aromatic rings. The van der Waals surface area contributed by atoms with Crippen LogP contribution < -0.4 is 10.6 Å². The van der Waals surface area contributed by atoms with Crippen LogP contribution in [0.5, 0.6) is 0 Å². The molecule has 0 spiro atoms. The molecule has 5 heteroatoms. The van der Waals surface area contributed by atoms with Gasteiger partial charge in [0.1, 0.15) is 17.7 Å². The Morgan fingerprint density at radius 3 is 2.74 bits per heavy atom. The van der Waals surface area contributed by atoms with Crippen molar-refractivity contribution < 1.29 is 5.11 Å². The van der Waals surface area contributed by atoms with Crippen molar-refractivity contribution in [1.29, 1.82) is 0 Å². The Kier molecular flexibility index (Phi) is 6.27. The van der Waals surface area contributed by atoms with Gasteiger partial charge >= 0.3 is 0 Å². The maximum Gasteiger partial charge on any atom is 0.141 e. The fourth-order valence-electron chi connectivity index (χ4n) is 4.34. The average Bonchev–Trinajstić information content (AvgIpc) is 2.86. The Labute approximate surface area is 200 Å². The highest BCUT2D eigenvalue weighted by Gasteiger charge is 2.26. The first-order valence-corrected chi connectivity index (χ1v) is 11.7. The van der Waals surface area contributed by atoms with E-state index in [1.54, 1.807) is 6.33 Å². The van der Waals surface area contributed by atoms with Gasteiger partial charge in [0.15, 0.2) is 0 Å². The summed E-state index contributed by atoms with van der Waals surface area (Å²) in [6.07, 6.45) is 4.10. The molecule has 0 radical (unpaired) electrons. The third-order valence-electron chi connectivity index (χ3n) is 6.28. The SMILES string of the molecule is Cc1cc(Nc2ncnc3ccc(C#CC4(O)CCCNC4)cc23)ccc1Cc1ccccc1. The van der Waals surface area contributed by atoms with Gasteiger partial charge in [-0.25, -0.2) is 9.97 Å². The van der Waals surface area contributed by atoms with Gasteiger partial charge in [0.25, 0.3) is 0 Å². The van der Waals surface area contributed by atoms with E-state index in [0.717, 1.165) is 47.4 Å². The summed E-state index contributed by atoms with van der Waals surface area (Å²) in [5, 5.41) is 18.2. The zero-order valence-corrected chi connectivity index (χ0v) is 19.3. The number of nitrogens with one attached hydrogen (secondary N) is 2. The number of hydrogen-bond donors (Lipinski definition) is 3. The third kappa shape index (κ3) is 5.09. The van der Waals surface area contributed by atoms with E-state index in [1.807, 2.05) is 24.3 Å². The maximum atomic E-state index is 10.7. The van der Waals surface area contributed by atoms with Gasteiger partial charge in [-0.3, -0.25) is 0 Å². The van der Waals surface area contributed by atoms with Gasteiger partial charge in [-0.05, 0) is 79.8 Å². The summed E-state index contributed by atoms with van der Waals surface area (Å²) >= 11 is 0. The Morgan fingerprint density at radius 2 is 1.94 bits per heavy atom. The predicted molar refractivity (Wildman–Crippen MR) is 137 cm³/mol. The molecule has 1 aliphatic rings. The van der Waals surface area contributed by atoms with Crippen molar-refractivity contribution in [3.8, 4) is 11.8 Å².